The lowest BCUT2D eigenvalue weighted by Crippen LogP contribution is -2.00. The maximum atomic E-state index is 13.4. The summed E-state index contributed by atoms with van der Waals surface area (Å²) in [5.74, 6) is -0.379. The quantitative estimate of drug-likeness (QED) is 0.762. The lowest BCUT2D eigenvalue weighted by atomic mass is 10.00. The Hall–Kier alpha value is -1.78. The number of aliphatic hydroxyl groups is 1. The van der Waals surface area contributed by atoms with Crippen LogP contribution in [0.1, 0.15) is 17.2 Å². The molecule has 1 heterocycles. The van der Waals surface area contributed by atoms with Gasteiger partial charge in [0.25, 0.3) is 0 Å². The summed E-state index contributed by atoms with van der Waals surface area (Å²) in [6.07, 6.45) is 0.855. The van der Waals surface area contributed by atoms with Crippen LogP contribution in [-0.2, 0) is 0 Å². The average molecular weight is 332 g/mol. The second-order valence-electron chi connectivity index (χ2n) is 4.56. The SMILES string of the molecule is OC(c1cc(F)cc(Br)c1)c1ccc2ncccc2c1. The van der Waals surface area contributed by atoms with Crippen LogP contribution in [0.25, 0.3) is 10.9 Å². The molecule has 0 aliphatic heterocycles. The monoisotopic (exact) mass is 331 g/mol. The fourth-order valence-corrected chi connectivity index (χ4v) is 2.67. The molecule has 100 valence electrons. The molecule has 4 heteroatoms. The third kappa shape index (κ3) is 2.57. The van der Waals surface area contributed by atoms with Crippen molar-refractivity contribution in [2.75, 3.05) is 0 Å². The van der Waals surface area contributed by atoms with Crippen LogP contribution in [0.15, 0.2) is 59.2 Å². The summed E-state index contributed by atoms with van der Waals surface area (Å²) in [7, 11) is 0. The number of fused-ring (bicyclic) bond motifs is 1. The zero-order valence-corrected chi connectivity index (χ0v) is 12.0. The van der Waals surface area contributed by atoms with Crippen molar-refractivity contribution in [2.24, 2.45) is 0 Å². The summed E-state index contributed by atoms with van der Waals surface area (Å²) in [5, 5.41) is 11.3. The summed E-state index contributed by atoms with van der Waals surface area (Å²) in [5.41, 5.74) is 2.09. The lowest BCUT2D eigenvalue weighted by molar-refractivity contribution is 0.220. The third-order valence-corrected chi connectivity index (χ3v) is 3.60. The Morgan fingerprint density at radius 1 is 1.05 bits per heavy atom. The molecule has 1 aromatic heterocycles. The van der Waals surface area contributed by atoms with Crippen molar-refractivity contribution in [3.8, 4) is 0 Å². The molecule has 0 aliphatic rings. The molecule has 1 N–H and O–H groups in total. The van der Waals surface area contributed by atoms with E-state index in [4.69, 9.17) is 0 Å². The second kappa shape index (κ2) is 5.31. The highest BCUT2D eigenvalue weighted by Gasteiger charge is 2.13. The minimum atomic E-state index is -0.869. The first-order valence-electron chi connectivity index (χ1n) is 6.12. The molecular formula is C16H11BrFNO. The lowest BCUT2D eigenvalue weighted by Gasteiger charge is -2.13. The van der Waals surface area contributed by atoms with Gasteiger partial charge in [0.1, 0.15) is 11.9 Å². The number of hydrogen-bond donors (Lipinski definition) is 1. The van der Waals surface area contributed by atoms with E-state index in [9.17, 15) is 9.50 Å². The van der Waals surface area contributed by atoms with Crippen LogP contribution < -0.4 is 0 Å². The van der Waals surface area contributed by atoms with Crippen molar-refractivity contribution in [1.29, 1.82) is 0 Å². The molecule has 0 saturated heterocycles. The van der Waals surface area contributed by atoms with Gasteiger partial charge in [-0.25, -0.2) is 4.39 Å². The van der Waals surface area contributed by atoms with E-state index in [-0.39, 0.29) is 5.82 Å². The van der Waals surface area contributed by atoms with Crippen molar-refractivity contribution >= 4 is 26.8 Å². The predicted molar refractivity (Wildman–Crippen MR) is 79.9 cm³/mol. The standard InChI is InChI=1S/C16H11BrFNO/c17-13-7-12(8-14(18)9-13)16(20)11-3-4-15-10(6-11)2-1-5-19-15/h1-9,16,20H. The molecule has 20 heavy (non-hydrogen) atoms. The van der Waals surface area contributed by atoms with Crippen LogP contribution in [-0.4, -0.2) is 10.1 Å². The minimum Gasteiger partial charge on any atom is -0.384 e. The van der Waals surface area contributed by atoms with E-state index in [1.807, 2.05) is 24.3 Å². The summed E-state index contributed by atoms with van der Waals surface area (Å²) < 4.78 is 14.0. The number of nitrogens with zero attached hydrogens (tertiary/aromatic N) is 1. The van der Waals surface area contributed by atoms with E-state index in [0.29, 0.717) is 15.6 Å². The molecule has 0 spiro atoms. The van der Waals surface area contributed by atoms with Crippen LogP contribution in [0.4, 0.5) is 4.39 Å². The molecule has 1 atom stereocenters. The Morgan fingerprint density at radius 2 is 1.90 bits per heavy atom. The van der Waals surface area contributed by atoms with Gasteiger partial charge in [0.05, 0.1) is 5.52 Å². The zero-order chi connectivity index (χ0) is 14.1. The van der Waals surface area contributed by atoms with Crippen LogP contribution in [0.3, 0.4) is 0 Å². The van der Waals surface area contributed by atoms with Crippen molar-refractivity contribution < 1.29 is 9.50 Å². The molecule has 0 saturated carbocycles. The number of aromatic nitrogens is 1. The second-order valence-corrected chi connectivity index (χ2v) is 5.48. The fourth-order valence-electron chi connectivity index (χ4n) is 2.19. The largest absolute Gasteiger partial charge is 0.384 e. The van der Waals surface area contributed by atoms with Gasteiger partial charge >= 0.3 is 0 Å². The molecule has 0 radical (unpaired) electrons. The maximum absolute atomic E-state index is 13.4. The third-order valence-electron chi connectivity index (χ3n) is 3.14. The van der Waals surface area contributed by atoms with Crippen LogP contribution >= 0.6 is 15.9 Å². The van der Waals surface area contributed by atoms with Crippen LogP contribution in [0.2, 0.25) is 0 Å². The van der Waals surface area contributed by atoms with Gasteiger partial charge in [-0.15, -0.1) is 0 Å². The number of aliphatic hydroxyl groups excluding tert-OH is 1. The van der Waals surface area contributed by atoms with E-state index in [1.54, 1.807) is 18.3 Å². The molecule has 3 rings (SSSR count). The number of hydrogen-bond acceptors (Lipinski definition) is 2. The smallest absolute Gasteiger partial charge is 0.124 e. The Kier molecular flexibility index (Phi) is 3.51. The molecule has 0 amide bonds. The van der Waals surface area contributed by atoms with E-state index in [0.717, 1.165) is 10.9 Å². The van der Waals surface area contributed by atoms with Gasteiger partial charge < -0.3 is 5.11 Å². The number of rotatable bonds is 2. The van der Waals surface area contributed by atoms with Gasteiger partial charge in [-0.05, 0) is 47.5 Å². The first-order valence-corrected chi connectivity index (χ1v) is 6.91. The normalized spacial score (nSPS) is 12.6. The summed E-state index contributed by atoms with van der Waals surface area (Å²) in [6.45, 7) is 0. The highest BCUT2D eigenvalue weighted by molar-refractivity contribution is 9.10. The molecule has 1 unspecified atom stereocenters. The Morgan fingerprint density at radius 3 is 2.70 bits per heavy atom. The summed E-state index contributed by atoms with van der Waals surface area (Å²) in [4.78, 5) is 4.23. The maximum Gasteiger partial charge on any atom is 0.124 e. The first kappa shape index (κ1) is 13.2. The average Bonchev–Trinajstić information content (AvgIpc) is 2.45. The zero-order valence-electron chi connectivity index (χ0n) is 10.4. The fraction of sp³-hybridized carbons (Fsp3) is 0.0625. The molecule has 3 aromatic rings. The van der Waals surface area contributed by atoms with E-state index < -0.39 is 6.10 Å². The van der Waals surface area contributed by atoms with Crippen molar-refractivity contribution in [3.63, 3.8) is 0 Å². The topological polar surface area (TPSA) is 33.1 Å². The van der Waals surface area contributed by atoms with Gasteiger partial charge in [-0.1, -0.05) is 28.1 Å². The Labute approximate surface area is 124 Å². The minimum absolute atomic E-state index is 0.379. The number of halogens is 2. The molecule has 2 aromatic carbocycles. The van der Waals surface area contributed by atoms with E-state index >= 15 is 0 Å². The predicted octanol–water partition coefficient (Wildman–Crippen LogP) is 4.22. The van der Waals surface area contributed by atoms with Crippen LogP contribution in [0.5, 0.6) is 0 Å². The van der Waals surface area contributed by atoms with Gasteiger partial charge in [-0.2, -0.15) is 0 Å². The Bertz CT molecular complexity index is 755. The van der Waals surface area contributed by atoms with Gasteiger partial charge in [-0.3, -0.25) is 4.98 Å². The van der Waals surface area contributed by atoms with E-state index in [1.165, 1.54) is 12.1 Å². The molecule has 0 aliphatic carbocycles. The van der Waals surface area contributed by atoms with Gasteiger partial charge in [0.2, 0.25) is 0 Å². The molecule has 2 nitrogen and oxygen atoms in total. The van der Waals surface area contributed by atoms with Crippen LogP contribution in [0, 0.1) is 5.82 Å². The van der Waals surface area contributed by atoms with Crippen molar-refractivity contribution in [3.05, 3.63) is 76.1 Å². The molecule has 0 bridgehead atoms. The van der Waals surface area contributed by atoms with Crippen molar-refractivity contribution in [2.45, 2.75) is 6.10 Å². The number of benzene rings is 2. The molecule has 0 fully saturated rings. The van der Waals surface area contributed by atoms with Gasteiger partial charge in [0.15, 0.2) is 0 Å². The Balaban J connectivity index is 2.05. The number of pyridine rings is 1. The van der Waals surface area contributed by atoms with E-state index in [2.05, 4.69) is 20.9 Å². The first-order chi connectivity index (χ1) is 9.63. The summed E-state index contributed by atoms with van der Waals surface area (Å²) in [6, 6.07) is 13.7. The molecular weight excluding hydrogens is 321 g/mol. The highest BCUT2D eigenvalue weighted by atomic mass is 79.9. The summed E-state index contributed by atoms with van der Waals surface area (Å²) >= 11 is 3.23. The van der Waals surface area contributed by atoms with Gasteiger partial charge in [0, 0.05) is 16.1 Å². The van der Waals surface area contributed by atoms with Crippen molar-refractivity contribution in [1.82, 2.24) is 4.98 Å². The highest BCUT2D eigenvalue weighted by Crippen LogP contribution is 2.27.